The highest BCUT2D eigenvalue weighted by Gasteiger charge is 2.14. The Morgan fingerprint density at radius 2 is 2.15 bits per heavy atom. The number of aryl methyl sites for hydroxylation is 1. The molecule has 0 amide bonds. The van der Waals surface area contributed by atoms with Crippen molar-refractivity contribution in [2.75, 3.05) is 46.1 Å². The third-order valence-electron chi connectivity index (χ3n) is 3.26. The molecule has 0 atom stereocenters. The Hall–Kier alpha value is -1.59. The molecule has 1 N–H and O–H groups in total. The minimum Gasteiger partial charge on any atom is -0.482 e. The van der Waals surface area contributed by atoms with Crippen molar-refractivity contribution in [2.45, 2.75) is 6.92 Å². The fourth-order valence-electron chi connectivity index (χ4n) is 2.11. The van der Waals surface area contributed by atoms with E-state index < -0.39 is 0 Å². The van der Waals surface area contributed by atoms with Crippen molar-refractivity contribution < 1.29 is 23.9 Å². The lowest BCUT2D eigenvalue weighted by Crippen LogP contribution is -3.14. The molecule has 1 aromatic rings. The van der Waals surface area contributed by atoms with Crippen molar-refractivity contribution in [3.8, 4) is 5.75 Å². The smallest absolute Gasteiger partial charge is 0.344 e. The average molecular weight is 280 g/mol. The summed E-state index contributed by atoms with van der Waals surface area (Å²) in [4.78, 5) is 13.0. The molecular weight excluding hydrogens is 258 g/mol. The van der Waals surface area contributed by atoms with Crippen LogP contribution in [-0.2, 0) is 14.3 Å². The topological polar surface area (TPSA) is 49.2 Å². The highest BCUT2D eigenvalue weighted by atomic mass is 16.6. The van der Waals surface area contributed by atoms with Crippen LogP contribution < -0.4 is 9.64 Å². The fourth-order valence-corrected chi connectivity index (χ4v) is 2.11. The van der Waals surface area contributed by atoms with E-state index in [0.717, 1.165) is 38.4 Å². The van der Waals surface area contributed by atoms with Crippen LogP contribution in [0.25, 0.3) is 0 Å². The van der Waals surface area contributed by atoms with Gasteiger partial charge >= 0.3 is 5.97 Å². The molecule has 1 saturated heterocycles. The molecule has 1 aliphatic rings. The number of nitrogens with one attached hydrogen (secondary N) is 1. The van der Waals surface area contributed by atoms with E-state index in [1.54, 1.807) is 0 Å². The van der Waals surface area contributed by atoms with Gasteiger partial charge in [0, 0.05) is 0 Å². The lowest BCUT2D eigenvalue weighted by molar-refractivity contribution is -0.908. The second-order valence-corrected chi connectivity index (χ2v) is 4.94. The number of esters is 1. The molecule has 0 unspecified atom stereocenters. The van der Waals surface area contributed by atoms with Gasteiger partial charge in [0.2, 0.25) is 0 Å². The monoisotopic (exact) mass is 280 g/mol. The zero-order valence-corrected chi connectivity index (χ0v) is 11.9. The predicted octanol–water partition coefficient (Wildman–Crippen LogP) is -0.168. The second kappa shape index (κ2) is 7.87. The second-order valence-electron chi connectivity index (χ2n) is 4.94. The molecule has 0 aliphatic carbocycles. The summed E-state index contributed by atoms with van der Waals surface area (Å²) in [5.41, 5.74) is 1.10. The summed E-state index contributed by atoms with van der Waals surface area (Å²) in [6, 6.07) is 7.61. The molecule has 1 fully saturated rings. The summed E-state index contributed by atoms with van der Waals surface area (Å²) < 4.78 is 15.8. The van der Waals surface area contributed by atoms with E-state index in [1.807, 2.05) is 31.2 Å². The molecule has 110 valence electrons. The molecule has 5 nitrogen and oxygen atoms in total. The predicted molar refractivity (Wildman–Crippen MR) is 74.0 cm³/mol. The minimum absolute atomic E-state index is 0.0398. The maximum Gasteiger partial charge on any atom is 0.344 e. The van der Waals surface area contributed by atoms with Gasteiger partial charge in [0.25, 0.3) is 0 Å². The van der Waals surface area contributed by atoms with Crippen LogP contribution >= 0.6 is 0 Å². The number of hydrogen-bond acceptors (Lipinski definition) is 4. The Kier molecular flexibility index (Phi) is 5.83. The maximum absolute atomic E-state index is 11.6. The van der Waals surface area contributed by atoms with Crippen LogP contribution in [0.2, 0.25) is 0 Å². The molecule has 5 heteroatoms. The molecule has 1 aromatic carbocycles. The number of carbonyl (C=O) groups is 1. The molecule has 2 rings (SSSR count). The van der Waals surface area contributed by atoms with Gasteiger partial charge in [-0.05, 0) is 24.6 Å². The molecule has 0 saturated carbocycles. The summed E-state index contributed by atoms with van der Waals surface area (Å²) in [5.74, 6) is 0.375. The largest absolute Gasteiger partial charge is 0.482 e. The van der Waals surface area contributed by atoms with Crippen LogP contribution in [0.1, 0.15) is 5.56 Å². The Morgan fingerprint density at radius 1 is 1.35 bits per heavy atom. The minimum atomic E-state index is -0.320. The zero-order chi connectivity index (χ0) is 14.2. The number of benzene rings is 1. The van der Waals surface area contributed by atoms with Crippen molar-refractivity contribution in [1.82, 2.24) is 0 Å². The molecule has 1 aliphatic heterocycles. The zero-order valence-electron chi connectivity index (χ0n) is 11.9. The Balaban J connectivity index is 1.60. The number of quaternary nitrogens is 1. The van der Waals surface area contributed by atoms with Crippen molar-refractivity contribution in [3.63, 3.8) is 0 Å². The molecule has 0 aromatic heterocycles. The summed E-state index contributed by atoms with van der Waals surface area (Å²) >= 11 is 0. The van der Waals surface area contributed by atoms with Gasteiger partial charge in [0.05, 0.1) is 13.2 Å². The number of carbonyl (C=O) groups excluding carboxylic acids is 1. The highest BCUT2D eigenvalue weighted by Crippen LogP contribution is 2.11. The number of ether oxygens (including phenoxy) is 3. The van der Waals surface area contributed by atoms with Gasteiger partial charge in [-0.3, -0.25) is 0 Å². The van der Waals surface area contributed by atoms with Crippen molar-refractivity contribution in [1.29, 1.82) is 0 Å². The van der Waals surface area contributed by atoms with Crippen LogP contribution in [0.3, 0.4) is 0 Å². The molecule has 20 heavy (non-hydrogen) atoms. The van der Waals surface area contributed by atoms with Gasteiger partial charge in [0.15, 0.2) is 6.61 Å². The molecular formula is C15H22NO4+. The molecule has 1 heterocycles. The lowest BCUT2D eigenvalue weighted by atomic mass is 10.2. The van der Waals surface area contributed by atoms with Gasteiger partial charge in [0.1, 0.15) is 32.0 Å². The van der Waals surface area contributed by atoms with Crippen molar-refractivity contribution in [3.05, 3.63) is 29.8 Å². The number of morpholine rings is 1. The van der Waals surface area contributed by atoms with Crippen LogP contribution in [-0.4, -0.2) is 52.0 Å². The van der Waals surface area contributed by atoms with E-state index in [1.165, 1.54) is 4.90 Å². The molecule has 0 bridgehead atoms. The van der Waals surface area contributed by atoms with Gasteiger partial charge < -0.3 is 19.1 Å². The van der Waals surface area contributed by atoms with Gasteiger partial charge in [-0.25, -0.2) is 4.79 Å². The quantitative estimate of drug-likeness (QED) is 0.735. The van der Waals surface area contributed by atoms with Crippen LogP contribution in [0.15, 0.2) is 24.3 Å². The Labute approximate surface area is 119 Å². The van der Waals surface area contributed by atoms with E-state index in [-0.39, 0.29) is 12.6 Å². The van der Waals surface area contributed by atoms with E-state index >= 15 is 0 Å². The maximum atomic E-state index is 11.6. The lowest BCUT2D eigenvalue weighted by Gasteiger charge is -2.23. The Bertz CT molecular complexity index is 430. The van der Waals surface area contributed by atoms with E-state index in [0.29, 0.717) is 12.4 Å². The summed E-state index contributed by atoms with van der Waals surface area (Å²) in [5, 5.41) is 0. The van der Waals surface area contributed by atoms with Crippen LogP contribution in [0.4, 0.5) is 0 Å². The first-order chi connectivity index (χ1) is 9.74. The van der Waals surface area contributed by atoms with Crippen molar-refractivity contribution >= 4 is 5.97 Å². The molecule has 0 spiro atoms. The van der Waals surface area contributed by atoms with Gasteiger partial charge in [-0.2, -0.15) is 0 Å². The Morgan fingerprint density at radius 3 is 2.90 bits per heavy atom. The third-order valence-corrected chi connectivity index (χ3v) is 3.26. The SMILES string of the molecule is Cc1cccc(OCC(=O)OCC[NH+]2CCOCC2)c1. The first-order valence-corrected chi connectivity index (χ1v) is 7.00. The number of rotatable bonds is 6. The van der Waals surface area contributed by atoms with E-state index in [9.17, 15) is 4.79 Å². The highest BCUT2D eigenvalue weighted by molar-refractivity contribution is 5.71. The van der Waals surface area contributed by atoms with Crippen LogP contribution in [0, 0.1) is 6.92 Å². The van der Waals surface area contributed by atoms with E-state index in [2.05, 4.69) is 0 Å². The summed E-state index contributed by atoms with van der Waals surface area (Å²) in [6.07, 6.45) is 0. The van der Waals surface area contributed by atoms with Gasteiger partial charge in [-0.15, -0.1) is 0 Å². The average Bonchev–Trinajstić information content (AvgIpc) is 2.46. The summed E-state index contributed by atoms with van der Waals surface area (Å²) in [7, 11) is 0. The number of hydrogen-bond donors (Lipinski definition) is 1. The van der Waals surface area contributed by atoms with Gasteiger partial charge in [-0.1, -0.05) is 12.1 Å². The third kappa shape index (κ3) is 5.19. The molecule has 0 radical (unpaired) electrons. The van der Waals surface area contributed by atoms with Crippen LogP contribution in [0.5, 0.6) is 5.75 Å². The fraction of sp³-hybridized carbons (Fsp3) is 0.533. The summed E-state index contributed by atoms with van der Waals surface area (Å²) in [6.45, 7) is 6.76. The van der Waals surface area contributed by atoms with Crippen molar-refractivity contribution in [2.24, 2.45) is 0 Å². The normalized spacial score (nSPS) is 15.8. The standard InChI is InChI=1S/C15H21NO4/c1-13-3-2-4-14(11-13)20-12-15(17)19-10-7-16-5-8-18-9-6-16/h2-4,11H,5-10,12H2,1H3/p+1. The first-order valence-electron chi connectivity index (χ1n) is 7.00. The van der Waals surface area contributed by atoms with E-state index in [4.69, 9.17) is 14.2 Å². The first kappa shape index (κ1) is 14.8.